The summed E-state index contributed by atoms with van der Waals surface area (Å²) in [5.74, 6) is 1.86. The van der Waals surface area contributed by atoms with Gasteiger partial charge in [0.1, 0.15) is 11.5 Å². The van der Waals surface area contributed by atoms with E-state index in [0.29, 0.717) is 6.54 Å². The van der Waals surface area contributed by atoms with Crippen LogP contribution in [0.2, 0.25) is 0 Å². The highest BCUT2D eigenvalue weighted by atomic mass is 16.5. The number of morpholine rings is 1. The molecule has 0 radical (unpaired) electrons. The van der Waals surface area contributed by atoms with E-state index in [0.717, 1.165) is 37.8 Å². The maximum Gasteiger partial charge on any atom is 0.225 e. The minimum absolute atomic E-state index is 0.0593. The van der Waals surface area contributed by atoms with Crippen LogP contribution in [-0.4, -0.2) is 43.7 Å². The first-order chi connectivity index (χ1) is 9.88. The molecule has 0 aromatic carbocycles. The average Bonchev–Trinajstić information content (AvgIpc) is 2.85. The first-order valence-corrected chi connectivity index (χ1v) is 7.54. The Hall–Kier alpha value is -1.33. The zero-order chi connectivity index (χ0) is 15.5. The monoisotopic (exact) mass is 294 g/mol. The summed E-state index contributed by atoms with van der Waals surface area (Å²) >= 11 is 0. The van der Waals surface area contributed by atoms with E-state index in [4.69, 9.17) is 9.15 Å². The second kappa shape index (κ2) is 6.62. The van der Waals surface area contributed by atoms with E-state index in [9.17, 15) is 4.79 Å². The van der Waals surface area contributed by atoms with Crippen LogP contribution in [-0.2, 0) is 9.53 Å². The third kappa shape index (κ3) is 4.32. The molecule has 1 amide bonds. The SMILES string of the molecule is Cc1ccc(C(CNC(=O)C(C)(C)C)N2CCOCC2)o1. The van der Waals surface area contributed by atoms with Crippen LogP contribution >= 0.6 is 0 Å². The molecule has 1 aliphatic heterocycles. The molecule has 1 fully saturated rings. The van der Waals surface area contributed by atoms with Crippen molar-refractivity contribution in [3.05, 3.63) is 23.7 Å². The molecule has 118 valence electrons. The molecule has 2 heterocycles. The summed E-state index contributed by atoms with van der Waals surface area (Å²) in [5.41, 5.74) is -0.380. The summed E-state index contributed by atoms with van der Waals surface area (Å²) in [4.78, 5) is 14.4. The fraction of sp³-hybridized carbons (Fsp3) is 0.688. The molecule has 1 unspecified atom stereocenters. The van der Waals surface area contributed by atoms with Crippen LogP contribution in [0.4, 0.5) is 0 Å². The van der Waals surface area contributed by atoms with Crippen molar-refractivity contribution < 1.29 is 13.9 Å². The van der Waals surface area contributed by atoms with Gasteiger partial charge in [-0.15, -0.1) is 0 Å². The zero-order valence-corrected chi connectivity index (χ0v) is 13.4. The van der Waals surface area contributed by atoms with Crippen molar-refractivity contribution in [2.45, 2.75) is 33.7 Å². The quantitative estimate of drug-likeness (QED) is 0.924. The minimum Gasteiger partial charge on any atom is -0.465 e. The van der Waals surface area contributed by atoms with Crippen LogP contribution in [0.25, 0.3) is 0 Å². The lowest BCUT2D eigenvalue weighted by Gasteiger charge is -2.34. The molecule has 21 heavy (non-hydrogen) atoms. The zero-order valence-electron chi connectivity index (χ0n) is 13.4. The summed E-state index contributed by atoms with van der Waals surface area (Å²) in [7, 11) is 0. The molecule has 5 heteroatoms. The third-order valence-electron chi connectivity index (χ3n) is 3.71. The molecule has 0 saturated carbocycles. The summed E-state index contributed by atoms with van der Waals surface area (Å²) < 4.78 is 11.2. The lowest BCUT2D eigenvalue weighted by molar-refractivity contribution is -0.128. The van der Waals surface area contributed by atoms with E-state index in [1.807, 2.05) is 39.8 Å². The van der Waals surface area contributed by atoms with Gasteiger partial charge in [0, 0.05) is 25.0 Å². The molecule has 1 aromatic heterocycles. The third-order valence-corrected chi connectivity index (χ3v) is 3.71. The topological polar surface area (TPSA) is 54.7 Å². The molecular weight excluding hydrogens is 268 g/mol. The van der Waals surface area contributed by atoms with E-state index in [1.165, 1.54) is 0 Å². The fourth-order valence-corrected chi connectivity index (χ4v) is 2.39. The smallest absolute Gasteiger partial charge is 0.225 e. The normalized spacial score (nSPS) is 18.5. The molecule has 5 nitrogen and oxygen atoms in total. The number of hydrogen-bond donors (Lipinski definition) is 1. The lowest BCUT2D eigenvalue weighted by atomic mass is 9.95. The van der Waals surface area contributed by atoms with Gasteiger partial charge in [-0.3, -0.25) is 9.69 Å². The lowest BCUT2D eigenvalue weighted by Crippen LogP contribution is -2.45. The summed E-state index contributed by atoms with van der Waals surface area (Å²) in [6, 6.07) is 4.03. The largest absolute Gasteiger partial charge is 0.465 e. The van der Waals surface area contributed by atoms with Gasteiger partial charge in [0.15, 0.2) is 0 Å². The van der Waals surface area contributed by atoms with E-state index >= 15 is 0 Å². The minimum atomic E-state index is -0.380. The average molecular weight is 294 g/mol. The molecule has 1 atom stereocenters. The van der Waals surface area contributed by atoms with Crippen molar-refractivity contribution in [3.63, 3.8) is 0 Å². The Morgan fingerprint density at radius 3 is 2.52 bits per heavy atom. The van der Waals surface area contributed by atoms with Crippen molar-refractivity contribution in [2.24, 2.45) is 5.41 Å². The molecule has 0 bridgehead atoms. The van der Waals surface area contributed by atoms with E-state index in [1.54, 1.807) is 0 Å². The summed E-state index contributed by atoms with van der Waals surface area (Å²) in [6.45, 7) is 11.4. The number of ether oxygens (including phenoxy) is 1. The second-order valence-corrected chi connectivity index (χ2v) is 6.57. The van der Waals surface area contributed by atoms with Crippen LogP contribution in [0.15, 0.2) is 16.5 Å². The Labute approximate surface area is 126 Å². The van der Waals surface area contributed by atoms with Gasteiger partial charge >= 0.3 is 0 Å². The number of hydrogen-bond acceptors (Lipinski definition) is 4. The predicted octanol–water partition coefficient (Wildman–Crippen LogP) is 2.12. The Bertz CT molecular complexity index is 470. The van der Waals surface area contributed by atoms with Gasteiger partial charge in [0.05, 0.1) is 19.3 Å². The first kappa shape index (κ1) is 16.0. The number of carbonyl (C=O) groups is 1. The number of carbonyl (C=O) groups excluding carboxylic acids is 1. The van der Waals surface area contributed by atoms with Gasteiger partial charge in [-0.2, -0.15) is 0 Å². The molecule has 1 saturated heterocycles. The van der Waals surface area contributed by atoms with Crippen LogP contribution in [0, 0.1) is 12.3 Å². The second-order valence-electron chi connectivity index (χ2n) is 6.57. The number of amides is 1. The Kier molecular flexibility index (Phi) is 5.06. The van der Waals surface area contributed by atoms with Crippen molar-refractivity contribution in [1.82, 2.24) is 10.2 Å². The number of nitrogens with one attached hydrogen (secondary N) is 1. The van der Waals surface area contributed by atoms with Gasteiger partial charge < -0.3 is 14.5 Å². The molecule has 1 aliphatic rings. The molecule has 2 rings (SSSR count). The number of furan rings is 1. The van der Waals surface area contributed by atoms with Crippen LogP contribution in [0.5, 0.6) is 0 Å². The molecular formula is C16H26N2O3. The number of rotatable bonds is 4. The Morgan fingerprint density at radius 1 is 1.33 bits per heavy atom. The first-order valence-electron chi connectivity index (χ1n) is 7.54. The van der Waals surface area contributed by atoms with E-state index in [2.05, 4.69) is 10.2 Å². The summed E-state index contributed by atoms with van der Waals surface area (Å²) in [6.07, 6.45) is 0. The highest BCUT2D eigenvalue weighted by Gasteiger charge is 2.28. The summed E-state index contributed by atoms with van der Waals surface area (Å²) in [5, 5.41) is 3.05. The highest BCUT2D eigenvalue weighted by molar-refractivity contribution is 5.81. The fourth-order valence-electron chi connectivity index (χ4n) is 2.39. The molecule has 1 N–H and O–H groups in total. The van der Waals surface area contributed by atoms with Crippen LogP contribution in [0.1, 0.15) is 38.3 Å². The maximum absolute atomic E-state index is 12.1. The maximum atomic E-state index is 12.1. The van der Waals surface area contributed by atoms with Crippen LogP contribution < -0.4 is 5.32 Å². The Balaban J connectivity index is 2.07. The van der Waals surface area contributed by atoms with Gasteiger partial charge in [-0.25, -0.2) is 0 Å². The number of nitrogens with zero attached hydrogens (tertiary/aromatic N) is 1. The Morgan fingerprint density at radius 2 is 2.00 bits per heavy atom. The van der Waals surface area contributed by atoms with Gasteiger partial charge in [0.25, 0.3) is 0 Å². The molecule has 0 aliphatic carbocycles. The van der Waals surface area contributed by atoms with E-state index < -0.39 is 0 Å². The van der Waals surface area contributed by atoms with Crippen molar-refractivity contribution in [2.75, 3.05) is 32.8 Å². The van der Waals surface area contributed by atoms with Crippen molar-refractivity contribution in [1.29, 1.82) is 0 Å². The van der Waals surface area contributed by atoms with E-state index in [-0.39, 0.29) is 17.4 Å². The predicted molar refractivity (Wildman–Crippen MR) is 81.0 cm³/mol. The standard InChI is InChI=1S/C16H26N2O3/c1-12-5-6-14(21-12)13(18-7-9-20-10-8-18)11-17-15(19)16(2,3)4/h5-6,13H,7-11H2,1-4H3,(H,17,19). The van der Waals surface area contributed by atoms with Crippen molar-refractivity contribution >= 4 is 5.91 Å². The van der Waals surface area contributed by atoms with Crippen LogP contribution in [0.3, 0.4) is 0 Å². The van der Waals surface area contributed by atoms with Gasteiger partial charge in [0.2, 0.25) is 5.91 Å². The number of aryl methyl sites for hydroxylation is 1. The molecule has 1 aromatic rings. The van der Waals surface area contributed by atoms with Gasteiger partial charge in [-0.1, -0.05) is 20.8 Å². The highest BCUT2D eigenvalue weighted by Crippen LogP contribution is 2.24. The van der Waals surface area contributed by atoms with Gasteiger partial charge in [-0.05, 0) is 19.1 Å². The van der Waals surface area contributed by atoms with Crippen molar-refractivity contribution in [3.8, 4) is 0 Å². The molecule has 0 spiro atoms.